The number of fused-ring (bicyclic) bond motifs is 1. The number of rotatable bonds is 2. The molecule has 0 aliphatic heterocycles. The maximum Gasteiger partial charge on any atom is 0.177 e. The summed E-state index contributed by atoms with van der Waals surface area (Å²) in [7, 11) is 1.91. The highest BCUT2D eigenvalue weighted by Gasteiger charge is 2.00. The monoisotopic (exact) mass is 217 g/mol. The summed E-state index contributed by atoms with van der Waals surface area (Å²) in [4.78, 5) is 16.0. The summed E-state index contributed by atoms with van der Waals surface area (Å²) in [6.45, 7) is 4.76. The number of H-pyrrole nitrogens is 1. The third-order valence-electron chi connectivity index (χ3n) is 2.27. The second-order valence-electron chi connectivity index (χ2n) is 3.90. The van der Waals surface area contributed by atoms with Gasteiger partial charge in [-0.3, -0.25) is 4.99 Å². The summed E-state index contributed by atoms with van der Waals surface area (Å²) < 4.78 is 1.87. The van der Waals surface area contributed by atoms with Gasteiger partial charge < -0.3 is 9.55 Å². The van der Waals surface area contributed by atoms with Crippen molar-refractivity contribution < 1.29 is 0 Å². The first-order valence-corrected chi connectivity index (χ1v) is 5.17. The Hall–Kier alpha value is -1.91. The van der Waals surface area contributed by atoms with Gasteiger partial charge in [0, 0.05) is 7.05 Å². The zero-order chi connectivity index (χ0) is 11.5. The molecule has 84 valence electrons. The van der Waals surface area contributed by atoms with Crippen LogP contribution >= 0.6 is 0 Å². The maximum atomic E-state index is 4.42. The van der Waals surface area contributed by atoms with E-state index in [1.165, 1.54) is 5.57 Å². The zero-order valence-corrected chi connectivity index (χ0v) is 9.73. The summed E-state index contributed by atoms with van der Waals surface area (Å²) in [6, 6.07) is 0. The number of aromatic nitrogens is 4. The van der Waals surface area contributed by atoms with E-state index in [-0.39, 0.29) is 0 Å². The molecule has 0 aliphatic rings. The van der Waals surface area contributed by atoms with Crippen molar-refractivity contribution in [3.63, 3.8) is 0 Å². The fraction of sp³-hybridized carbons (Fsp3) is 0.364. The molecule has 5 heteroatoms. The molecule has 0 aliphatic carbocycles. The Kier molecular flexibility index (Phi) is 2.85. The van der Waals surface area contributed by atoms with Crippen molar-refractivity contribution in [3.05, 3.63) is 29.8 Å². The number of allylic oxidation sites excluding steroid dienone is 1. The smallest absolute Gasteiger partial charge is 0.177 e. The number of hydrogen-bond acceptors (Lipinski definition) is 3. The van der Waals surface area contributed by atoms with Gasteiger partial charge in [0.15, 0.2) is 11.1 Å². The molecule has 0 bridgehead atoms. The van der Waals surface area contributed by atoms with Crippen LogP contribution in [0.2, 0.25) is 0 Å². The van der Waals surface area contributed by atoms with Gasteiger partial charge in [0.25, 0.3) is 0 Å². The molecule has 0 saturated heterocycles. The molecule has 0 fully saturated rings. The lowest BCUT2D eigenvalue weighted by Gasteiger charge is -1.97. The van der Waals surface area contributed by atoms with Gasteiger partial charge in [-0.2, -0.15) is 0 Å². The molecule has 0 saturated carbocycles. The lowest BCUT2D eigenvalue weighted by atomic mass is 10.3. The van der Waals surface area contributed by atoms with Gasteiger partial charge in [-0.25, -0.2) is 9.97 Å². The maximum absolute atomic E-state index is 4.42. The van der Waals surface area contributed by atoms with Gasteiger partial charge >= 0.3 is 0 Å². The molecule has 16 heavy (non-hydrogen) atoms. The van der Waals surface area contributed by atoms with E-state index in [4.69, 9.17) is 0 Å². The average Bonchev–Trinajstić information content (AvgIpc) is 2.70. The summed E-state index contributed by atoms with van der Waals surface area (Å²) in [6.07, 6.45) is 5.45. The minimum Gasteiger partial charge on any atom is -0.340 e. The van der Waals surface area contributed by atoms with E-state index in [2.05, 4.69) is 39.9 Å². The normalized spacial score (nSPS) is 12.1. The van der Waals surface area contributed by atoms with Crippen LogP contribution in [0.25, 0.3) is 11.2 Å². The van der Waals surface area contributed by atoms with Gasteiger partial charge in [0.1, 0.15) is 5.52 Å². The van der Waals surface area contributed by atoms with Crippen LogP contribution in [-0.4, -0.2) is 26.1 Å². The summed E-state index contributed by atoms with van der Waals surface area (Å²) in [5.41, 5.74) is 3.72. The van der Waals surface area contributed by atoms with E-state index in [1.807, 2.05) is 11.6 Å². The molecule has 2 aromatic rings. The Morgan fingerprint density at radius 1 is 1.50 bits per heavy atom. The van der Waals surface area contributed by atoms with Crippen molar-refractivity contribution >= 4 is 11.2 Å². The Morgan fingerprint density at radius 2 is 2.31 bits per heavy atom. The Balaban J connectivity index is 2.49. The topological polar surface area (TPSA) is 58.9 Å². The first kappa shape index (κ1) is 10.6. The van der Waals surface area contributed by atoms with Gasteiger partial charge in [0.05, 0.1) is 19.2 Å². The van der Waals surface area contributed by atoms with Crippen LogP contribution in [0.3, 0.4) is 0 Å². The van der Waals surface area contributed by atoms with E-state index < -0.39 is 0 Å². The van der Waals surface area contributed by atoms with Gasteiger partial charge in [-0.15, -0.1) is 0 Å². The minimum absolute atomic E-state index is 0.650. The second kappa shape index (κ2) is 4.30. The minimum atomic E-state index is 0.650. The highest BCUT2D eigenvalue weighted by molar-refractivity contribution is 5.68. The Labute approximate surface area is 93.6 Å². The lowest BCUT2D eigenvalue weighted by Crippen LogP contribution is -2.13. The number of aryl methyl sites for hydroxylation is 1. The fourth-order valence-electron chi connectivity index (χ4n) is 1.41. The lowest BCUT2D eigenvalue weighted by molar-refractivity contribution is 0.875. The largest absolute Gasteiger partial charge is 0.340 e. The molecule has 1 N–H and O–H groups in total. The van der Waals surface area contributed by atoms with Gasteiger partial charge in [-0.1, -0.05) is 11.6 Å². The van der Waals surface area contributed by atoms with Crippen LogP contribution in [0.15, 0.2) is 29.3 Å². The number of imidazole rings is 1. The summed E-state index contributed by atoms with van der Waals surface area (Å²) in [5, 5.41) is 0. The molecule has 0 atom stereocenters. The van der Waals surface area contributed by atoms with E-state index >= 15 is 0 Å². The van der Waals surface area contributed by atoms with E-state index in [0.717, 1.165) is 11.2 Å². The molecule has 0 aromatic carbocycles. The quantitative estimate of drug-likeness (QED) is 0.767. The van der Waals surface area contributed by atoms with Crippen LogP contribution in [0, 0.1) is 0 Å². The molecule has 2 rings (SSSR count). The van der Waals surface area contributed by atoms with Crippen LogP contribution in [0.4, 0.5) is 0 Å². The molecular weight excluding hydrogens is 202 g/mol. The summed E-state index contributed by atoms with van der Waals surface area (Å²) in [5.74, 6) is 0. The van der Waals surface area contributed by atoms with E-state index in [0.29, 0.717) is 12.0 Å². The number of nitrogens with one attached hydrogen (secondary N) is 1. The molecule has 0 spiro atoms. The van der Waals surface area contributed by atoms with Gasteiger partial charge in [-0.05, 0) is 13.8 Å². The Bertz CT molecular complexity index is 584. The van der Waals surface area contributed by atoms with Crippen molar-refractivity contribution in [2.45, 2.75) is 13.8 Å². The van der Waals surface area contributed by atoms with E-state index in [9.17, 15) is 0 Å². The van der Waals surface area contributed by atoms with Crippen molar-refractivity contribution in [2.75, 3.05) is 6.54 Å². The number of nitrogens with zero attached hydrogens (tertiary/aromatic N) is 4. The molecule has 0 unspecified atom stereocenters. The molecule has 2 heterocycles. The SMILES string of the molecule is CC(C)=CCN=c1ncn(C)c2nc[nH]c12. The van der Waals surface area contributed by atoms with Crippen LogP contribution < -0.4 is 5.49 Å². The molecule has 2 aromatic heterocycles. The van der Waals surface area contributed by atoms with Gasteiger partial charge in [0.2, 0.25) is 0 Å². The van der Waals surface area contributed by atoms with Crippen LogP contribution in [0.1, 0.15) is 13.8 Å². The molecular formula is C11H15N5. The fourth-order valence-corrected chi connectivity index (χ4v) is 1.41. The third-order valence-corrected chi connectivity index (χ3v) is 2.27. The first-order valence-electron chi connectivity index (χ1n) is 5.17. The average molecular weight is 217 g/mol. The molecule has 0 radical (unpaired) electrons. The standard InChI is InChI=1S/C11H15N5/c1-8(2)4-5-12-10-9-11(14-6-13-9)16(3)7-15-10/h4,6-7H,5H2,1-3H3,(H,13,14). The van der Waals surface area contributed by atoms with Crippen molar-refractivity contribution in [1.29, 1.82) is 0 Å². The van der Waals surface area contributed by atoms with Crippen LogP contribution in [-0.2, 0) is 7.05 Å². The predicted octanol–water partition coefficient (Wildman–Crippen LogP) is 1.16. The highest BCUT2D eigenvalue weighted by Crippen LogP contribution is 1.99. The van der Waals surface area contributed by atoms with Crippen molar-refractivity contribution in [2.24, 2.45) is 12.0 Å². The molecule has 5 nitrogen and oxygen atoms in total. The second-order valence-corrected chi connectivity index (χ2v) is 3.90. The number of aromatic amines is 1. The summed E-state index contributed by atoms with van der Waals surface area (Å²) >= 11 is 0. The van der Waals surface area contributed by atoms with Crippen LogP contribution in [0.5, 0.6) is 0 Å². The Morgan fingerprint density at radius 3 is 3.06 bits per heavy atom. The first-order chi connectivity index (χ1) is 7.68. The zero-order valence-electron chi connectivity index (χ0n) is 9.73. The predicted molar refractivity (Wildman–Crippen MR) is 62.7 cm³/mol. The van der Waals surface area contributed by atoms with E-state index in [1.54, 1.807) is 12.7 Å². The third kappa shape index (κ3) is 2.03. The number of hydrogen-bond donors (Lipinski definition) is 1. The van der Waals surface area contributed by atoms with Crippen molar-refractivity contribution in [1.82, 2.24) is 19.5 Å². The van der Waals surface area contributed by atoms with Crippen molar-refractivity contribution in [3.8, 4) is 0 Å². The molecule has 0 amide bonds. The highest BCUT2D eigenvalue weighted by atomic mass is 15.1.